The summed E-state index contributed by atoms with van der Waals surface area (Å²) in [5.41, 5.74) is 5.70. The second kappa shape index (κ2) is 4.90. The van der Waals surface area contributed by atoms with Gasteiger partial charge in [-0.15, -0.1) is 11.3 Å². The Bertz CT molecular complexity index is 287. The zero-order chi connectivity index (χ0) is 9.68. The van der Waals surface area contributed by atoms with Gasteiger partial charge in [0, 0.05) is 18.5 Å². The summed E-state index contributed by atoms with van der Waals surface area (Å²) in [5.74, 6) is -0.273. The summed E-state index contributed by atoms with van der Waals surface area (Å²) in [6.07, 6.45) is 0. The Balaban J connectivity index is 2.55. The maximum Gasteiger partial charge on any atom is 0.270 e. The lowest BCUT2D eigenvalue weighted by Crippen LogP contribution is -2.26. The Hall–Kier alpha value is -0.980. The number of thiazole rings is 1. The topological polar surface area (TPSA) is 88.2 Å². The molecule has 0 saturated carbocycles. The van der Waals surface area contributed by atoms with Crippen LogP contribution in [-0.4, -0.2) is 29.1 Å². The van der Waals surface area contributed by atoms with Gasteiger partial charge in [-0.05, 0) is 0 Å². The second-order valence-electron chi connectivity index (χ2n) is 2.31. The second-order valence-corrected chi connectivity index (χ2v) is 3.25. The van der Waals surface area contributed by atoms with Crippen LogP contribution in [0.1, 0.15) is 15.5 Å². The van der Waals surface area contributed by atoms with Crippen LogP contribution in [0.15, 0.2) is 5.38 Å². The fourth-order valence-corrected chi connectivity index (χ4v) is 1.42. The van der Waals surface area contributed by atoms with Crippen molar-refractivity contribution in [2.45, 2.75) is 6.54 Å². The van der Waals surface area contributed by atoms with Crippen molar-refractivity contribution in [3.63, 3.8) is 0 Å². The molecular formula is C7H11N3O2S. The molecule has 0 radical (unpaired) electrons. The van der Waals surface area contributed by atoms with Crippen molar-refractivity contribution in [2.75, 3.05) is 13.2 Å². The van der Waals surface area contributed by atoms with E-state index in [2.05, 4.69) is 10.3 Å². The number of amides is 1. The largest absolute Gasteiger partial charge is 0.395 e. The molecule has 0 aliphatic rings. The fraction of sp³-hybridized carbons (Fsp3) is 0.429. The smallest absolute Gasteiger partial charge is 0.270 e. The summed E-state index contributed by atoms with van der Waals surface area (Å²) in [5, 5.41) is 13.3. The van der Waals surface area contributed by atoms with Gasteiger partial charge in [0.05, 0.1) is 6.61 Å². The molecule has 6 heteroatoms. The predicted octanol–water partition coefficient (Wildman–Crippen LogP) is -0.676. The number of hydrogen-bond acceptors (Lipinski definition) is 5. The maximum atomic E-state index is 11.2. The summed E-state index contributed by atoms with van der Waals surface area (Å²) in [6.45, 7) is 0.520. The van der Waals surface area contributed by atoms with Crippen molar-refractivity contribution in [1.29, 1.82) is 0 Å². The number of hydrogen-bond donors (Lipinski definition) is 3. The van der Waals surface area contributed by atoms with E-state index in [9.17, 15) is 4.79 Å². The van der Waals surface area contributed by atoms with Gasteiger partial charge >= 0.3 is 0 Å². The molecule has 1 aromatic rings. The molecule has 1 aromatic heterocycles. The van der Waals surface area contributed by atoms with E-state index < -0.39 is 0 Å². The van der Waals surface area contributed by atoms with E-state index >= 15 is 0 Å². The third-order valence-electron chi connectivity index (χ3n) is 1.36. The SMILES string of the molecule is NCc1nc(C(=O)NCCO)cs1. The normalized spacial score (nSPS) is 10.0. The molecule has 1 amide bonds. The van der Waals surface area contributed by atoms with Crippen LogP contribution in [0.3, 0.4) is 0 Å². The van der Waals surface area contributed by atoms with E-state index in [0.29, 0.717) is 12.2 Å². The lowest BCUT2D eigenvalue weighted by Gasteiger charge is -1.98. The number of aromatic nitrogens is 1. The zero-order valence-electron chi connectivity index (χ0n) is 6.99. The van der Waals surface area contributed by atoms with Crippen LogP contribution in [0.4, 0.5) is 0 Å². The van der Waals surface area contributed by atoms with Gasteiger partial charge in [-0.25, -0.2) is 4.98 Å². The van der Waals surface area contributed by atoms with Gasteiger partial charge in [-0.2, -0.15) is 0 Å². The molecule has 13 heavy (non-hydrogen) atoms. The Morgan fingerprint density at radius 2 is 2.54 bits per heavy atom. The molecule has 0 aliphatic carbocycles. The standard InChI is InChI=1S/C7H11N3O2S/c8-3-6-10-5(4-13-6)7(12)9-1-2-11/h4,11H,1-3,8H2,(H,9,12). The van der Waals surface area contributed by atoms with Gasteiger partial charge in [-0.3, -0.25) is 4.79 Å². The summed E-state index contributed by atoms with van der Waals surface area (Å²) in [7, 11) is 0. The molecule has 0 bridgehead atoms. The number of carbonyl (C=O) groups is 1. The quantitative estimate of drug-likeness (QED) is 0.602. The Labute approximate surface area is 79.6 Å². The highest BCUT2D eigenvalue weighted by atomic mass is 32.1. The maximum absolute atomic E-state index is 11.2. The van der Waals surface area contributed by atoms with Gasteiger partial charge < -0.3 is 16.2 Å². The third kappa shape index (κ3) is 2.76. The van der Waals surface area contributed by atoms with Crippen molar-refractivity contribution in [1.82, 2.24) is 10.3 Å². The van der Waals surface area contributed by atoms with Crippen LogP contribution < -0.4 is 11.1 Å². The van der Waals surface area contributed by atoms with Gasteiger partial charge in [0.25, 0.3) is 5.91 Å². The minimum absolute atomic E-state index is 0.0698. The zero-order valence-corrected chi connectivity index (χ0v) is 7.80. The fourth-order valence-electron chi connectivity index (χ4n) is 0.769. The number of carbonyl (C=O) groups excluding carboxylic acids is 1. The summed E-state index contributed by atoms with van der Waals surface area (Å²) >= 11 is 1.35. The van der Waals surface area contributed by atoms with Crippen LogP contribution in [0.25, 0.3) is 0 Å². The first-order valence-corrected chi connectivity index (χ1v) is 4.69. The number of nitrogens with one attached hydrogen (secondary N) is 1. The van der Waals surface area contributed by atoms with Crippen LogP contribution in [0.2, 0.25) is 0 Å². The molecule has 0 aliphatic heterocycles. The minimum atomic E-state index is -0.273. The van der Waals surface area contributed by atoms with Crippen molar-refractivity contribution >= 4 is 17.2 Å². The van der Waals surface area contributed by atoms with Gasteiger partial charge in [0.15, 0.2) is 0 Å². The Morgan fingerprint density at radius 1 is 1.77 bits per heavy atom. The van der Waals surface area contributed by atoms with Crippen LogP contribution >= 0.6 is 11.3 Å². The predicted molar refractivity (Wildman–Crippen MR) is 49.4 cm³/mol. The van der Waals surface area contributed by atoms with E-state index in [4.69, 9.17) is 10.8 Å². The number of aliphatic hydroxyl groups is 1. The molecular weight excluding hydrogens is 190 g/mol. The number of rotatable bonds is 4. The van der Waals surface area contributed by atoms with E-state index in [1.807, 2.05) is 0 Å². The van der Waals surface area contributed by atoms with E-state index in [1.165, 1.54) is 11.3 Å². The lowest BCUT2D eigenvalue weighted by atomic mass is 10.4. The first-order valence-electron chi connectivity index (χ1n) is 3.81. The van der Waals surface area contributed by atoms with Crippen molar-refractivity contribution < 1.29 is 9.90 Å². The van der Waals surface area contributed by atoms with Crippen LogP contribution in [0.5, 0.6) is 0 Å². The molecule has 0 spiro atoms. The molecule has 0 unspecified atom stereocenters. The minimum Gasteiger partial charge on any atom is -0.395 e. The highest BCUT2D eigenvalue weighted by Crippen LogP contribution is 2.08. The summed E-state index contributed by atoms with van der Waals surface area (Å²) in [6, 6.07) is 0. The van der Waals surface area contributed by atoms with Gasteiger partial charge in [-0.1, -0.05) is 0 Å². The molecule has 4 N–H and O–H groups in total. The molecule has 1 rings (SSSR count). The number of nitrogens with zero attached hydrogens (tertiary/aromatic N) is 1. The highest BCUT2D eigenvalue weighted by molar-refractivity contribution is 7.09. The lowest BCUT2D eigenvalue weighted by molar-refractivity contribution is 0.0940. The molecule has 0 fully saturated rings. The third-order valence-corrected chi connectivity index (χ3v) is 2.23. The molecule has 0 saturated heterocycles. The average Bonchev–Trinajstić information content (AvgIpc) is 2.62. The van der Waals surface area contributed by atoms with E-state index in [-0.39, 0.29) is 19.1 Å². The number of aliphatic hydroxyl groups excluding tert-OH is 1. The molecule has 72 valence electrons. The highest BCUT2D eigenvalue weighted by Gasteiger charge is 2.08. The molecule has 0 atom stereocenters. The average molecular weight is 201 g/mol. The molecule has 1 heterocycles. The first kappa shape index (κ1) is 10.1. The van der Waals surface area contributed by atoms with Crippen molar-refractivity contribution in [3.05, 3.63) is 16.1 Å². The summed E-state index contributed by atoms with van der Waals surface area (Å²) < 4.78 is 0. The molecule has 0 aromatic carbocycles. The Kier molecular flexibility index (Phi) is 3.81. The first-order chi connectivity index (χ1) is 6.27. The van der Waals surface area contributed by atoms with E-state index in [1.54, 1.807) is 5.38 Å². The van der Waals surface area contributed by atoms with Crippen LogP contribution in [-0.2, 0) is 6.54 Å². The summed E-state index contributed by atoms with van der Waals surface area (Å²) in [4.78, 5) is 15.2. The monoisotopic (exact) mass is 201 g/mol. The molecule has 5 nitrogen and oxygen atoms in total. The number of nitrogens with two attached hydrogens (primary N) is 1. The van der Waals surface area contributed by atoms with E-state index in [0.717, 1.165) is 5.01 Å². The Morgan fingerprint density at radius 3 is 3.08 bits per heavy atom. The van der Waals surface area contributed by atoms with Crippen molar-refractivity contribution in [3.8, 4) is 0 Å². The van der Waals surface area contributed by atoms with Gasteiger partial charge in [0.2, 0.25) is 0 Å². The van der Waals surface area contributed by atoms with Crippen molar-refractivity contribution in [2.24, 2.45) is 5.73 Å². The van der Waals surface area contributed by atoms with Crippen LogP contribution in [0, 0.1) is 0 Å². The van der Waals surface area contributed by atoms with Gasteiger partial charge in [0.1, 0.15) is 10.7 Å².